The lowest BCUT2D eigenvalue weighted by molar-refractivity contribution is -0.138. The SMILES string of the molecule is O=C(CSc1ccc(C(F)(F)F)cn1)N1CCN(c2ccccn2)CC1. The van der Waals surface area contributed by atoms with Crippen molar-refractivity contribution in [3.63, 3.8) is 0 Å². The predicted octanol–water partition coefficient (Wildman–Crippen LogP) is 2.94. The second-order valence-electron chi connectivity index (χ2n) is 5.73. The number of aromatic nitrogens is 2. The van der Waals surface area contributed by atoms with E-state index in [0.717, 1.165) is 29.8 Å². The van der Waals surface area contributed by atoms with Gasteiger partial charge in [-0.3, -0.25) is 4.79 Å². The van der Waals surface area contributed by atoms with Gasteiger partial charge in [0.15, 0.2) is 0 Å². The number of alkyl halides is 3. The van der Waals surface area contributed by atoms with E-state index in [2.05, 4.69) is 14.9 Å². The monoisotopic (exact) mass is 382 g/mol. The van der Waals surface area contributed by atoms with E-state index in [-0.39, 0.29) is 11.7 Å². The molecule has 0 aliphatic carbocycles. The first-order valence-corrected chi connectivity index (χ1v) is 9.02. The van der Waals surface area contributed by atoms with Crippen LogP contribution < -0.4 is 4.90 Å². The highest BCUT2D eigenvalue weighted by molar-refractivity contribution is 7.99. The molecule has 0 spiro atoms. The van der Waals surface area contributed by atoms with Gasteiger partial charge in [-0.15, -0.1) is 0 Å². The van der Waals surface area contributed by atoms with Gasteiger partial charge in [-0.05, 0) is 24.3 Å². The summed E-state index contributed by atoms with van der Waals surface area (Å²) in [6, 6.07) is 7.98. The molecule has 138 valence electrons. The lowest BCUT2D eigenvalue weighted by Crippen LogP contribution is -2.49. The summed E-state index contributed by atoms with van der Waals surface area (Å²) in [5.74, 6) is 1.00. The Kier molecular flexibility index (Phi) is 5.65. The van der Waals surface area contributed by atoms with Crippen LogP contribution in [0.3, 0.4) is 0 Å². The van der Waals surface area contributed by atoms with Crippen LogP contribution in [0.2, 0.25) is 0 Å². The van der Waals surface area contributed by atoms with E-state index in [1.165, 1.54) is 6.07 Å². The van der Waals surface area contributed by atoms with Gasteiger partial charge < -0.3 is 9.80 Å². The second-order valence-corrected chi connectivity index (χ2v) is 6.72. The molecule has 1 fully saturated rings. The van der Waals surface area contributed by atoms with Crippen molar-refractivity contribution >= 4 is 23.5 Å². The number of carbonyl (C=O) groups is 1. The molecule has 1 amide bonds. The van der Waals surface area contributed by atoms with E-state index in [1.807, 2.05) is 18.2 Å². The van der Waals surface area contributed by atoms with Gasteiger partial charge in [0.25, 0.3) is 0 Å². The summed E-state index contributed by atoms with van der Waals surface area (Å²) >= 11 is 1.14. The van der Waals surface area contributed by atoms with Crippen LogP contribution in [0.5, 0.6) is 0 Å². The normalized spacial score (nSPS) is 15.2. The van der Waals surface area contributed by atoms with Crippen LogP contribution in [-0.4, -0.2) is 52.7 Å². The number of carbonyl (C=O) groups excluding carboxylic acids is 1. The summed E-state index contributed by atoms with van der Waals surface area (Å²) in [5.41, 5.74) is -0.793. The summed E-state index contributed by atoms with van der Waals surface area (Å²) in [6.07, 6.45) is -1.88. The predicted molar refractivity (Wildman–Crippen MR) is 93.0 cm³/mol. The van der Waals surface area contributed by atoms with Crippen LogP contribution in [0.25, 0.3) is 0 Å². The van der Waals surface area contributed by atoms with Crippen molar-refractivity contribution in [3.8, 4) is 0 Å². The Morgan fingerprint density at radius 1 is 1.08 bits per heavy atom. The largest absolute Gasteiger partial charge is 0.417 e. The Morgan fingerprint density at radius 3 is 2.42 bits per heavy atom. The standard InChI is InChI=1S/C17H17F3N4OS/c18-17(19,20)13-4-5-15(22-11-13)26-12-16(25)24-9-7-23(8-10-24)14-3-1-2-6-21-14/h1-6,11H,7-10,12H2. The molecule has 5 nitrogen and oxygen atoms in total. The average Bonchev–Trinajstić information content (AvgIpc) is 2.66. The van der Waals surface area contributed by atoms with E-state index in [9.17, 15) is 18.0 Å². The van der Waals surface area contributed by atoms with Crippen molar-refractivity contribution in [2.45, 2.75) is 11.2 Å². The van der Waals surface area contributed by atoms with E-state index < -0.39 is 11.7 Å². The molecular formula is C17H17F3N4OS. The number of hydrogen-bond acceptors (Lipinski definition) is 5. The molecule has 3 rings (SSSR count). The summed E-state index contributed by atoms with van der Waals surface area (Å²) in [7, 11) is 0. The number of thioether (sulfide) groups is 1. The lowest BCUT2D eigenvalue weighted by Gasteiger charge is -2.35. The molecule has 9 heteroatoms. The molecule has 0 atom stereocenters. The van der Waals surface area contributed by atoms with Crippen LogP contribution in [0, 0.1) is 0 Å². The fourth-order valence-corrected chi connectivity index (χ4v) is 3.33. The van der Waals surface area contributed by atoms with Gasteiger partial charge in [-0.2, -0.15) is 13.2 Å². The first-order chi connectivity index (χ1) is 12.4. The zero-order valence-electron chi connectivity index (χ0n) is 13.8. The summed E-state index contributed by atoms with van der Waals surface area (Å²) in [4.78, 5) is 24.3. The lowest BCUT2D eigenvalue weighted by atomic mass is 10.3. The van der Waals surface area contributed by atoms with E-state index in [1.54, 1.807) is 11.1 Å². The molecule has 0 radical (unpaired) electrons. The molecule has 0 bridgehead atoms. The topological polar surface area (TPSA) is 49.3 Å². The highest BCUT2D eigenvalue weighted by atomic mass is 32.2. The first-order valence-electron chi connectivity index (χ1n) is 8.03. The fourth-order valence-electron chi connectivity index (χ4n) is 2.59. The van der Waals surface area contributed by atoms with Gasteiger partial charge in [0.2, 0.25) is 5.91 Å². The Morgan fingerprint density at radius 2 is 1.85 bits per heavy atom. The third-order valence-electron chi connectivity index (χ3n) is 4.01. The van der Waals surface area contributed by atoms with Crippen molar-refractivity contribution in [3.05, 3.63) is 48.3 Å². The third kappa shape index (κ3) is 4.66. The number of amides is 1. The summed E-state index contributed by atoms with van der Waals surface area (Å²) in [6.45, 7) is 2.59. The van der Waals surface area contributed by atoms with Crippen molar-refractivity contribution in [2.24, 2.45) is 0 Å². The van der Waals surface area contributed by atoms with Crippen LogP contribution in [0.1, 0.15) is 5.56 Å². The maximum Gasteiger partial charge on any atom is 0.417 e. The van der Waals surface area contributed by atoms with Gasteiger partial charge in [0.1, 0.15) is 5.82 Å². The molecular weight excluding hydrogens is 365 g/mol. The van der Waals surface area contributed by atoms with E-state index in [4.69, 9.17) is 0 Å². The molecule has 2 aromatic heterocycles. The molecule has 3 heterocycles. The maximum atomic E-state index is 12.5. The van der Waals surface area contributed by atoms with E-state index in [0.29, 0.717) is 31.2 Å². The van der Waals surface area contributed by atoms with Gasteiger partial charge in [0, 0.05) is 38.6 Å². The fraction of sp³-hybridized carbons (Fsp3) is 0.353. The van der Waals surface area contributed by atoms with Crippen molar-refractivity contribution < 1.29 is 18.0 Å². The molecule has 0 saturated carbocycles. The molecule has 1 aliphatic rings. The Labute approximate surface area is 153 Å². The van der Waals surface area contributed by atoms with Gasteiger partial charge in [0.05, 0.1) is 16.3 Å². The number of anilines is 1. The molecule has 26 heavy (non-hydrogen) atoms. The van der Waals surface area contributed by atoms with Crippen molar-refractivity contribution in [2.75, 3.05) is 36.8 Å². The second kappa shape index (κ2) is 7.94. The minimum atomic E-state index is -4.40. The molecule has 1 aliphatic heterocycles. The van der Waals surface area contributed by atoms with Crippen molar-refractivity contribution in [1.82, 2.24) is 14.9 Å². The summed E-state index contributed by atoms with van der Waals surface area (Å²) in [5, 5.41) is 0.401. The molecule has 0 aromatic carbocycles. The minimum absolute atomic E-state index is 0.0441. The minimum Gasteiger partial charge on any atom is -0.353 e. The Bertz CT molecular complexity index is 732. The maximum absolute atomic E-state index is 12.5. The number of halogens is 3. The smallest absolute Gasteiger partial charge is 0.353 e. The van der Waals surface area contributed by atoms with Crippen LogP contribution in [-0.2, 0) is 11.0 Å². The highest BCUT2D eigenvalue weighted by Gasteiger charge is 2.30. The number of piperazine rings is 1. The molecule has 1 saturated heterocycles. The van der Waals surface area contributed by atoms with Gasteiger partial charge >= 0.3 is 6.18 Å². The number of rotatable bonds is 4. The molecule has 0 unspecified atom stereocenters. The quantitative estimate of drug-likeness (QED) is 0.761. The highest BCUT2D eigenvalue weighted by Crippen LogP contribution is 2.29. The van der Waals surface area contributed by atoms with Gasteiger partial charge in [-0.1, -0.05) is 17.8 Å². The third-order valence-corrected chi connectivity index (χ3v) is 4.94. The first kappa shape index (κ1) is 18.5. The van der Waals surface area contributed by atoms with Crippen LogP contribution in [0.4, 0.5) is 19.0 Å². The zero-order chi connectivity index (χ0) is 18.6. The van der Waals surface area contributed by atoms with Crippen molar-refractivity contribution in [1.29, 1.82) is 0 Å². The number of pyridine rings is 2. The Balaban J connectivity index is 1.47. The Hall–Kier alpha value is -2.29. The molecule has 2 aromatic rings. The van der Waals surface area contributed by atoms with Crippen LogP contribution >= 0.6 is 11.8 Å². The number of nitrogens with zero attached hydrogens (tertiary/aromatic N) is 4. The summed E-state index contributed by atoms with van der Waals surface area (Å²) < 4.78 is 37.5. The average molecular weight is 382 g/mol. The van der Waals surface area contributed by atoms with E-state index >= 15 is 0 Å². The zero-order valence-corrected chi connectivity index (χ0v) is 14.6. The number of hydrogen-bond donors (Lipinski definition) is 0. The van der Waals surface area contributed by atoms with Crippen LogP contribution in [0.15, 0.2) is 47.8 Å². The molecule has 0 N–H and O–H groups in total. The van der Waals surface area contributed by atoms with Gasteiger partial charge in [-0.25, -0.2) is 9.97 Å².